The van der Waals surface area contributed by atoms with Gasteiger partial charge < -0.3 is 9.32 Å². The zero-order valence-corrected chi connectivity index (χ0v) is 13.4. The Labute approximate surface area is 135 Å². The van der Waals surface area contributed by atoms with E-state index in [1.54, 1.807) is 39.7 Å². The number of hydrogen-bond acceptors (Lipinski definition) is 4. The molecule has 21 heavy (non-hydrogen) atoms. The topological polar surface area (TPSA) is 33.5 Å². The van der Waals surface area contributed by atoms with E-state index in [2.05, 4.69) is 0 Å². The number of thiophene rings is 2. The molecule has 3 aromatic rings. The molecule has 3 heterocycles. The Morgan fingerprint density at radius 3 is 2.10 bits per heavy atom. The molecule has 0 saturated carbocycles. The fourth-order valence-electron chi connectivity index (χ4n) is 1.97. The van der Waals surface area contributed by atoms with Gasteiger partial charge in [0.1, 0.15) is 0 Å². The second-order valence-corrected chi connectivity index (χ2v) is 6.86. The summed E-state index contributed by atoms with van der Waals surface area (Å²) in [6.07, 6.45) is 0. The molecular weight excluding hydrogens is 326 g/mol. The lowest BCUT2D eigenvalue weighted by Gasteiger charge is -2.20. The molecule has 0 N–H and O–H groups in total. The molecule has 0 aliphatic heterocycles. The van der Waals surface area contributed by atoms with Gasteiger partial charge in [-0.25, -0.2) is 0 Å². The van der Waals surface area contributed by atoms with Crippen LogP contribution >= 0.6 is 34.3 Å². The second-order valence-electron chi connectivity index (χ2n) is 4.42. The zero-order chi connectivity index (χ0) is 14.7. The van der Waals surface area contributed by atoms with Crippen molar-refractivity contribution in [3.05, 3.63) is 67.9 Å². The fraction of sp³-hybridized carbons (Fsp3) is 0.133. The molecule has 0 aliphatic carbocycles. The molecule has 0 radical (unpaired) electrons. The van der Waals surface area contributed by atoms with Crippen LogP contribution in [0.1, 0.15) is 20.3 Å². The largest absolute Gasteiger partial charge is 0.440 e. The van der Waals surface area contributed by atoms with E-state index in [0.717, 1.165) is 9.75 Å². The molecule has 0 spiro atoms. The molecule has 0 unspecified atom stereocenters. The minimum atomic E-state index is -0.149. The highest BCUT2D eigenvalue weighted by atomic mass is 35.5. The summed E-state index contributed by atoms with van der Waals surface area (Å²) >= 11 is 9.03. The van der Waals surface area contributed by atoms with Gasteiger partial charge in [0.15, 0.2) is 11.0 Å². The van der Waals surface area contributed by atoms with Crippen LogP contribution in [0.5, 0.6) is 0 Å². The zero-order valence-electron chi connectivity index (χ0n) is 11.0. The molecular formula is C15H12ClNO2S2. The highest BCUT2D eigenvalue weighted by molar-refractivity contribution is 7.10. The number of carbonyl (C=O) groups excluding carboxylic acids is 1. The minimum absolute atomic E-state index is 0.149. The maximum Gasteiger partial charge on any atom is 0.290 e. The van der Waals surface area contributed by atoms with Crippen LogP contribution in [0.4, 0.5) is 0 Å². The third-order valence-corrected chi connectivity index (χ3v) is 4.85. The Morgan fingerprint density at radius 1 is 1.05 bits per heavy atom. The van der Waals surface area contributed by atoms with Gasteiger partial charge in [0, 0.05) is 9.75 Å². The van der Waals surface area contributed by atoms with Crippen molar-refractivity contribution in [3.8, 4) is 0 Å². The Kier molecular flexibility index (Phi) is 4.43. The van der Waals surface area contributed by atoms with Crippen molar-refractivity contribution in [2.45, 2.75) is 13.1 Å². The Morgan fingerprint density at radius 2 is 1.67 bits per heavy atom. The molecule has 6 heteroatoms. The van der Waals surface area contributed by atoms with Crippen LogP contribution < -0.4 is 0 Å². The van der Waals surface area contributed by atoms with Gasteiger partial charge in [0.25, 0.3) is 5.91 Å². The molecule has 0 aliphatic rings. The van der Waals surface area contributed by atoms with Crippen molar-refractivity contribution in [2.75, 3.05) is 0 Å². The number of rotatable bonds is 5. The fourth-order valence-corrected chi connectivity index (χ4v) is 3.55. The predicted octanol–water partition coefficient (Wildman–Crippen LogP) is 4.90. The predicted molar refractivity (Wildman–Crippen MR) is 85.9 cm³/mol. The van der Waals surface area contributed by atoms with E-state index >= 15 is 0 Å². The number of halogens is 1. The summed E-state index contributed by atoms with van der Waals surface area (Å²) in [4.78, 5) is 16.6. The average molecular weight is 338 g/mol. The molecule has 108 valence electrons. The standard InChI is InChI=1S/C15H12ClNO2S2/c16-14-6-5-13(19-14)15(18)17(9-11-3-1-7-20-11)10-12-4-2-8-21-12/h1-8H,9-10H2. The van der Waals surface area contributed by atoms with Gasteiger partial charge in [-0.3, -0.25) is 4.79 Å². The first-order chi connectivity index (χ1) is 10.2. The minimum Gasteiger partial charge on any atom is -0.440 e. The molecule has 0 fully saturated rings. The van der Waals surface area contributed by atoms with Crippen LogP contribution in [-0.4, -0.2) is 10.8 Å². The normalized spacial score (nSPS) is 10.7. The molecule has 3 nitrogen and oxygen atoms in total. The molecule has 0 aromatic carbocycles. The lowest BCUT2D eigenvalue weighted by atomic mass is 10.3. The van der Waals surface area contributed by atoms with E-state index in [0.29, 0.717) is 13.1 Å². The maximum absolute atomic E-state index is 12.6. The molecule has 3 aromatic heterocycles. The van der Waals surface area contributed by atoms with Crippen LogP contribution in [0.2, 0.25) is 5.22 Å². The second kappa shape index (κ2) is 6.47. The highest BCUT2D eigenvalue weighted by Crippen LogP contribution is 2.21. The molecule has 3 rings (SSSR count). The van der Waals surface area contributed by atoms with E-state index in [4.69, 9.17) is 16.0 Å². The van der Waals surface area contributed by atoms with Gasteiger partial charge in [0.05, 0.1) is 13.1 Å². The Bertz CT molecular complexity index is 668. The average Bonchev–Trinajstić information content (AvgIpc) is 3.19. The van der Waals surface area contributed by atoms with Crippen LogP contribution in [-0.2, 0) is 13.1 Å². The van der Waals surface area contributed by atoms with Gasteiger partial charge in [-0.1, -0.05) is 12.1 Å². The first kappa shape index (κ1) is 14.4. The van der Waals surface area contributed by atoms with Crippen molar-refractivity contribution in [3.63, 3.8) is 0 Å². The van der Waals surface area contributed by atoms with Gasteiger partial charge >= 0.3 is 0 Å². The van der Waals surface area contributed by atoms with Crippen molar-refractivity contribution >= 4 is 40.2 Å². The maximum atomic E-state index is 12.6. The summed E-state index contributed by atoms with van der Waals surface area (Å²) in [5.41, 5.74) is 0. The van der Waals surface area contributed by atoms with E-state index in [1.165, 1.54) is 0 Å². The van der Waals surface area contributed by atoms with Crippen LogP contribution in [0.15, 0.2) is 51.6 Å². The number of hydrogen-bond donors (Lipinski definition) is 0. The Hall–Kier alpha value is -1.56. The van der Waals surface area contributed by atoms with Crippen molar-refractivity contribution < 1.29 is 9.21 Å². The van der Waals surface area contributed by atoms with Gasteiger partial charge in [0.2, 0.25) is 0 Å². The summed E-state index contributed by atoms with van der Waals surface area (Å²) in [6, 6.07) is 11.2. The van der Waals surface area contributed by atoms with Crippen LogP contribution in [0.25, 0.3) is 0 Å². The number of furan rings is 1. The van der Waals surface area contributed by atoms with Crippen molar-refractivity contribution in [2.24, 2.45) is 0 Å². The van der Waals surface area contributed by atoms with E-state index in [9.17, 15) is 4.79 Å². The quantitative estimate of drug-likeness (QED) is 0.663. The smallest absolute Gasteiger partial charge is 0.290 e. The third kappa shape index (κ3) is 3.56. The molecule has 1 amide bonds. The summed E-state index contributed by atoms with van der Waals surface area (Å²) < 4.78 is 5.25. The van der Waals surface area contributed by atoms with Gasteiger partial charge in [-0.15, -0.1) is 22.7 Å². The number of carbonyl (C=O) groups is 1. The molecule has 0 saturated heterocycles. The molecule has 0 atom stereocenters. The number of nitrogens with zero attached hydrogens (tertiary/aromatic N) is 1. The third-order valence-electron chi connectivity index (χ3n) is 2.92. The van der Waals surface area contributed by atoms with E-state index in [1.807, 2.05) is 35.0 Å². The lowest BCUT2D eigenvalue weighted by molar-refractivity contribution is 0.0701. The first-order valence-corrected chi connectivity index (χ1v) is 8.45. The van der Waals surface area contributed by atoms with Crippen molar-refractivity contribution in [1.82, 2.24) is 4.90 Å². The van der Waals surface area contributed by atoms with Gasteiger partial charge in [-0.2, -0.15) is 0 Å². The number of amides is 1. The van der Waals surface area contributed by atoms with Crippen LogP contribution in [0.3, 0.4) is 0 Å². The van der Waals surface area contributed by atoms with E-state index < -0.39 is 0 Å². The summed E-state index contributed by atoms with van der Waals surface area (Å²) in [7, 11) is 0. The monoisotopic (exact) mass is 337 g/mol. The van der Waals surface area contributed by atoms with E-state index in [-0.39, 0.29) is 16.9 Å². The van der Waals surface area contributed by atoms with Crippen molar-refractivity contribution in [1.29, 1.82) is 0 Å². The Balaban J connectivity index is 1.82. The SMILES string of the molecule is O=C(c1ccc(Cl)o1)N(Cc1cccs1)Cc1cccs1. The summed E-state index contributed by atoms with van der Waals surface area (Å²) in [5, 5.41) is 4.24. The molecule has 0 bridgehead atoms. The summed E-state index contributed by atoms with van der Waals surface area (Å²) in [6.45, 7) is 1.12. The summed E-state index contributed by atoms with van der Waals surface area (Å²) in [5.74, 6) is 0.122. The lowest BCUT2D eigenvalue weighted by Crippen LogP contribution is -2.29. The first-order valence-electron chi connectivity index (χ1n) is 6.32. The van der Waals surface area contributed by atoms with Gasteiger partial charge in [-0.05, 0) is 46.6 Å². The van der Waals surface area contributed by atoms with Crippen LogP contribution in [0, 0.1) is 0 Å². The highest BCUT2D eigenvalue weighted by Gasteiger charge is 2.20.